The highest BCUT2D eigenvalue weighted by Gasteiger charge is 2.16. The fraction of sp³-hybridized carbons (Fsp3) is 0.100. The minimum absolute atomic E-state index is 0.404. The van der Waals surface area contributed by atoms with Crippen LogP contribution in [0.2, 0.25) is 0 Å². The highest BCUT2D eigenvalue weighted by atomic mass is 32.1. The van der Waals surface area contributed by atoms with Gasteiger partial charge in [0, 0.05) is 41.1 Å². The molecule has 0 bridgehead atoms. The summed E-state index contributed by atoms with van der Waals surface area (Å²) in [4.78, 5) is 3.13. The van der Waals surface area contributed by atoms with Crippen LogP contribution in [-0.2, 0) is 13.1 Å². The Morgan fingerprint density at radius 3 is 2.69 bits per heavy atom. The molecule has 2 heterocycles. The molecule has 1 aliphatic rings. The maximum Gasteiger partial charge on any atom is 0.159 e. The van der Waals surface area contributed by atoms with Gasteiger partial charge in [0.1, 0.15) is 0 Å². The minimum atomic E-state index is -0.845. The van der Waals surface area contributed by atoms with Gasteiger partial charge in [0.05, 0.1) is 0 Å². The van der Waals surface area contributed by atoms with E-state index >= 15 is 0 Å². The van der Waals surface area contributed by atoms with Crippen molar-refractivity contribution in [2.24, 2.45) is 0 Å². The highest BCUT2D eigenvalue weighted by Crippen LogP contribution is 2.26. The molecule has 0 aliphatic carbocycles. The zero-order valence-corrected chi connectivity index (χ0v) is 15.4. The maximum atomic E-state index is 13.4. The van der Waals surface area contributed by atoms with Gasteiger partial charge in [-0.15, -0.1) is 0 Å². The highest BCUT2D eigenvalue weighted by molar-refractivity contribution is 7.20. The van der Waals surface area contributed by atoms with Crippen LogP contribution in [0.3, 0.4) is 0 Å². The first-order valence-corrected chi connectivity index (χ1v) is 9.02. The molecule has 0 radical (unpaired) electrons. The van der Waals surface area contributed by atoms with Gasteiger partial charge in [-0.05, 0) is 40.7 Å². The van der Waals surface area contributed by atoms with E-state index < -0.39 is 11.6 Å². The van der Waals surface area contributed by atoms with Crippen LogP contribution in [0.25, 0.3) is 0 Å². The molecule has 1 aliphatic heterocycles. The lowest BCUT2D eigenvalue weighted by Crippen LogP contribution is -2.23. The Labute approximate surface area is 157 Å². The van der Waals surface area contributed by atoms with Crippen LogP contribution in [0.4, 0.5) is 8.78 Å². The maximum absolute atomic E-state index is 13.4. The van der Waals surface area contributed by atoms with Crippen LogP contribution in [0.1, 0.15) is 10.4 Å². The number of nitrogens with zero attached hydrogens (tertiary/aromatic N) is 1. The minimum Gasteiger partial charge on any atom is -0.380 e. The number of benzene rings is 1. The molecule has 6 heteroatoms. The Balaban J connectivity index is 1.64. The van der Waals surface area contributed by atoms with Gasteiger partial charge < -0.3 is 10.2 Å². The van der Waals surface area contributed by atoms with Gasteiger partial charge in [0.25, 0.3) is 0 Å². The van der Waals surface area contributed by atoms with E-state index in [0.717, 1.165) is 23.0 Å². The first kappa shape index (κ1) is 18.2. The fourth-order valence-corrected chi connectivity index (χ4v) is 3.54. The molecule has 3 rings (SSSR count). The molecule has 132 valence electrons. The van der Waals surface area contributed by atoms with Crippen LogP contribution in [-0.4, -0.2) is 12.7 Å². The molecule has 0 spiro atoms. The third kappa shape index (κ3) is 4.14. The van der Waals surface area contributed by atoms with Crippen molar-refractivity contribution in [1.82, 2.24) is 10.2 Å². The summed E-state index contributed by atoms with van der Waals surface area (Å²) in [6.45, 7) is 9.35. The topological polar surface area (TPSA) is 15.3 Å². The van der Waals surface area contributed by atoms with Gasteiger partial charge in [0.2, 0.25) is 0 Å². The van der Waals surface area contributed by atoms with Gasteiger partial charge in [0.15, 0.2) is 19.5 Å². The van der Waals surface area contributed by atoms with Crippen LogP contribution in [0.15, 0.2) is 78.8 Å². The zero-order valence-electron chi connectivity index (χ0n) is 14.6. The van der Waals surface area contributed by atoms with Crippen molar-refractivity contribution in [1.29, 1.82) is 0 Å². The molecular weight excluding hydrogens is 349 g/mol. The Bertz CT molecular complexity index is 914. The third-order valence-electron chi connectivity index (χ3n) is 4.12. The number of hydrogen-bond acceptors (Lipinski definition) is 3. The van der Waals surface area contributed by atoms with Crippen molar-refractivity contribution in [3.63, 3.8) is 0 Å². The second-order valence-electron chi connectivity index (χ2n) is 6.09. The quantitative estimate of drug-likeness (QED) is 0.787. The van der Waals surface area contributed by atoms with Crippen molar-refractivity contribution in [2.75, 3.05) is 0 Å². The van der Waals surface area contributed by atoms with E-state index in [4.69, 9.17) is 0 Å². The van der Waals surface area contributed by atoms with Crippen molar-refractivity contribution in [3.8, 4) is 0 Å². The number of halogens is 2. The van der Waals surface area contributed by atoms with E-state index in [1.807, 2.05) is 23.3 Å². The second kappa shape index (κ2) is 7.75. The lowest BCUT2D eigenvalue weighted by Gasteiger charge is -2.28. The molecule has 1 aromatic heterocycles. The third-order valence-corrected chi connectivity index (χ3v) is 5.12. The summed E-state index contributed by atoms with van der Waals surface area (Å²) >= 11 is 1.75. The lowest BCUT2D eigenvalue weighted by molar-refractivity contribution is 0.457. The zero-order chi connectivity index (χ0) is 18.7. The molecule has 0 unspecified atom stereocenters. The Kier molecular flexibility index (Phi) is 5.42. The van der Waals surface area contributed by atoms with Gasteiger partial charge in [-0.3, -0.25) is 0 Å². The second-order valence-corrected chi connectivity index (χ2v) is 7.46. The Morgan fingerprint density at radius 1 is 1.19 bits per heavy atom. The van der Waals surface area contributed by atoms with Crippen molar-refractivity contribution in [2.45, 2.75) is 13.1 Å². The molecule has 0 saturated heterocycles. The van der Waals surface area contributed by atoms with Crippen LogP contribution in [0.5, 0.6) is 0 Å². The number of allylic oxidation sites excluding steroid dienone is 2. The smallest absolute Gasteiger partial charge is 0.159 e. The first-order chi connectivity index (χ1) is 12.4. The predicted molar refractivity (Wildman–Crippen MR) is 107 cm³/mol. The molecule has 0 fully saturated rings. The van der Waals surface area contributed by atoms with E-state index in [1.165, 1.54) is 15.7 Å². The monoisotopic (exact) mass is 368 g/mol. The number of rotatable bonds is 6. The molecule has 2 nitrogen and oxygen atoms in total. The van der Waals surface area contributed by atoms with Gasteiger partial charge in [-0.2, -0.15) is 11.3 Å². The van der Waals surface area contributed by atoms with Crippen molar-refractivity contribution < 1.29 is 8.78 Å². The van der Waals surface area contributed by atoms with Crippen LogP contribution >= 0.6 is 11.3 Å². The fourth-order valence-electron chi connectivity index (χ4n) is 2.71. The van der Waals surface area contributed by atoms with Crippen LogP contribution in [0, 0.1) is 11.6 Å². The molecular formula is C20H19BF2N2S. The van der Waals surface area contributed by atoms with Gasteiger partial charge in [-0.1, -0.05) is 25.3 Å². The molecule has 0 amide bonds. The molecule has 1 N–H and O–H groups in total. The van der Waals surface area contributed by atoms with E-state index in [2.05, 4.69) is 38.5 Å². The van der Waals surface area contributed by atoms with Gasteiger partial charge >= 0.3 is 0 Å². The Hall–Kier alpha value is -2.60. The van der Waals surface area contributed by atoms with Crippen LogP contribution < -0.4 is 10.1 Å². The number of nitrogens with one attached hydrogen (secondary N) is 1. The Morgan fingerprint density at radius 2 is 2.00 bits per heavy atom. The summed E-state index contributed by atoms with van der Waals surface area (Å²) in [5.41, 5.74) is 3.10. The standard InChI is InChI=1S/C20H19BF2N2S/c1-13(24-11-16-6-8-20(21)26-16)17-4-3-9-25(14(17)2)12-15-5-7-18(22)19(23)10-15/h3-10,24H,1-2,11-12,21H2. The normalized spacial score (nSPS) is 13.7. The van der Waals surface area contributed by atoms with Crippen molar-refractivity contribution in [3.05, 3.63) is 101 Å². The SMILES string of the molecule is Bc1ccc(CNC(=C)C2=CC=CN(Cc3ccc(F)c(F)c3)C2=C)s1. The molecule has 2 aromatic rings. The van der Waals surface area contributed by atoms with Crippen molar-refractivity contribution >= 4 is 24.0 Å². The predicted octanol–water partition coefficient (Wildman–Crippen LogP) is 3.36. The summed E-state index contributed by atoms with van der Waals surface area (Å²) in [7, 11) is 2.08. The van der Waals surface area contributed by atoms with E-state index in [0.29, 0.717) is 18.7 Å². The average molecular weight is 368 g/mol. The molecule has 0 atom stereocenters. The summed E-state index contributed by atoms with van der Waals surface area (Å²) < 4.78 is 27.8. The molecule has 1 aromatic carbocycles. The van der Waals surface area contributed by atoms with Gasteiger partial charge in [-0.25, -0.2) is 8.78 Å². The average Bonchev–Trinajstić information content (AvgIpc) is 3.03. The number of thiophene rings is 1. The first-order valence-electron chi connectivity index (χ1n) is 8.21. The van der Waals surface area contributed by atoms with E-state index in [-0.39, 0.29) is 0 Å². The number of hydrogen-bond donors (Lipinski definition) is 1. The van der Waals surface area contributed by atoms with E-state index in [1.54, 1.807) is 17.4 Å². The molecule has 0 saturated carbocycles. The summed E-state index contributed by atoms with van der Waals surface area (Å²) in [6.07, 6.45) is 5.70. The lowest BCUT2D eigenvalue weighted by atomic mass is 10.1. The van der Waals surface area contributed by atoms with E-state index in [9.17, 15) is 8.78 Å². The summed E-state index contributed by atoms with van der Waals surface area (Å²) in [5.74, 6) is -1.69. The summed E-state index contributed by atoms with van der Waals surface area (Å²) in [6, 6.07) is 8.11. The largest absolute Gasteiger partial charge is 0.380 e. The molecule has 26 heavy (non-hydrogen) atoms. The summed E-state index contributed by atoms with van der Waals surface area (Å²) in [5, 5.41) is 3.33.